The average molecular weight is 486 g/mol. The third-order valence-electron chi connectivity index (χ3n) is 6.74. The molecule has 3 atom stereocenters. The van der Waals surface area contributed by atoms with Crippen molar-refractivity contribution in [2.75, 3.05) is 13.2 Å². The summed E-state index contributed by atoms with van der Waals surface area (Å²) in [5, 5.41) is 15.0. The number of carboxylic acid groups (broad SMARTS) is 1. The first-order valence-corrected chi connectivity index (χ1v) is 12.1. The summed E-state index contributed by atoms with van der Waals surface area (Å²) < 4.78 is 25.8. The van der Waals surface area contributed by atoms with Gasteiger partial charge >= 0.3 is 5.97 Å². The van der Waals surface area contributed by atoms with Gasteiger partial charge < -0.3 is 19.9 Å². The Kier molecular flexibility index (Phi) is 6.87. The zero-order chi connectivity index (χ0) is 25.1. The van der Waals surface area contributed by atoms with Crippen LogP contribution in [0.4, 0.5) is 4.39 Å². The molecule has 1 aliphatic rings. The summed E-state index contributed by atoms with van der Waals surface area (Å²) >= 11 is 0. The van der Waals surface area contributed by atoms with Crippen molar-refractivity contribution in [2.45, 2.75) is 31.4 Å². The summed E-state index contributed by atoms with van der Waals surface area (Å²) in [7, 11) is 0. The van der Waals surface area contributed by atoms with Crippen molar-refractivity contribution >= 4 is 16.7 Å². The van der Waals surface area contributed by atoms with Crippen molar-refractivity contribution in [3.05, 3.63) is 107 Å². The van der Waals surface area contributed by atoms with Gasteiger partial charge in [0.25, 0.3) is 0 Å². The molecule has 1 heterocycles. The molecule has 184 valence electrons. The summed E-state index contributed by atoms with van der Waals surface area (Å²) in [5.41, 5.74) is 3.12. The van der Waals surface area contributed by atoms with Crippen LogP contribution in [-0.2, 0) is 4.79 Å². The molecular formula is C30H28FNO4. The normalized spacial score (nSPS) is 17.7. The zero-order valence-electron chi connectivity index (χ0n) is 20.0. The second-order valence-corrected chi connectivity index (χ2v) is 9.14. The molecule has 4 aromatic carbocycles. The summed E-state index contributed by atoms with van der Waals surface area (Å²) in [4.78, 5) is 10.9. The lowest BCUT2D eigenvalue weighted by molar-refractivity contribution is -0.139. The topological polar surface area (TPSA) is 67.8 Å². The van der Waals surface area contributed by atoms with Gasteiger partial charge in [-0.15, -0.1) is 0 Å². The Morgan fingerprint density at radius 2 is 1.86 bits per heavy atom. The van der Waals surface area contributed by atoms with Crippen molar-refractivity contribution in [1.29, 1.82) is 0 Å². The lowest BCUT2D eigenvalue weighted by Crippen LogP contribution is -2.37. The van der Waals surface area contributed by atoms with E-state index in [1.807, 2.05) is 30.3 Å². The van der Waals surface area contributed by atoms with E-state index in [1.54, 1.807) is 12.1 Å². The van der Waals surface area contributed by atoms with E-state index in [0.717, 1.165) is 16.9 Å². The molecule has 0 aliphatic carbocycles. The fraction of sp³-hybridized carbons (Fsp3) is 0.233. The minimum Gasteiger partial charge on any atom is -0.489 e. The molecule has 0 saturated heterocycles. The number of ether oxygens (including phenoxy) is 2. The summed E-state index contributed by atoms with van der Waals surface area (Å²) in [5.74, 6) is -1.03. The number of hydrogen-bond acceptors (Lipinski definition) is 4. The van der Waals surface area contributed by atoms with E-state index in [2.05, 4.69) is 48.6 Å². The van der Waals surface area contributed by atoms with E-state index < -0.39 is 18.4 Å². The lowest BCUT2D eigenvalue weighted by atomic mass is 9.84. The fourth-order valence-electron chi connectivity index (χ4n) is 4.97. The van der Waals surface area contributed by atoms with Gasteiger partial charge in [-0.25, -0.2) is 9.18 Å². The van der Waals surface area contributed by atoms with Crippen LogP contribution in [0.3, 0.4) is 0 Å². The monoisotopic (exact) mass is 485 g/mol. The molecule has 36 heavy (non-hydrogen) atoms. The minimum atomic E-state index is -1.15. The molecule has 5 nitrogen and oxygen atoms in total. The maximum atomic E-state index is 14.3. The molecule has 3 unspecified atom stereocenters. The van der Waals surface area contributed by atoms with E-state index in [4.69, 9.17) is 14.6 Å². The number of carboxylic acids is 1. The number of carbonyl (C=O) groups is 1. The first-order chi connectivity index (χ1) is 17.5. The summed E-state index contributed by atoms with van der Waals surface area (Å²) in [6, 6.07) is 27.4. The van der Waals surface area contributed by atoms with Crippen molar-refractivity contribution < 1.29 is 23.8 Å². The number of benzene rings is 4. The zero-order valence-corrected chi connectivity index (χ0v) is 20.0. The van der Waals surface area contributed by atoms with Crippen molar-refractivity contribution in [3.63, 3.8) is 0 Å². The van der Waals surface area contributed by atoms with Crippen molar-refractivity contribution in [1.82, 2.24) is 5.32 Å². The molecule has 6 heteroatoms. The van der Waals surface area contributed by atoms with Crippen LogP contribution < -0.4 is 14.8 Å². The molecule has 2 N–H and O–H groups in total. The number of para-hydroxylation sites is 1. The Bertz CT molecular complexity index is 1380. The second-order valence-electron chi connectivity index (χ2n) is 9.14. The average Bonchev–Trinajstić information content (AvgIpc) is 2.90. The van der Waals surface area contributed by atoms with Gasteiger partial charge in [0.1, 0.15) is 11.9 Å². The molecule has 0 radical (unpaired) electrons. The van der Waals surface area contributed by atoms with Crippen LogP contribution in [0, 0.1) is 5.82 Å². The van der Waals surface area contributed by atoms with Gasteiger partial charge in [-0.05, 0) is 53.4 Å². The third-order valence-corrected chi connectivity index (χ3v) is 6.74. The van der Waals surface area contributed by atoms with Crippen LogP contribution in [0.15, 0.2) is 84.9 Å². The highest BCUT2D eigenvalue weighted by molar-refractivity contribution is 5.86. The predicted molar refractivity (Wildman–Crippen MR) is 137 cm³/mol. The predicted octanol–water partition coefficient (Wildman–Crippen LogP) is 6.08. The molecule has 0 spiro atoms. The molecule has 4 aromatic rings. The molecular weight excluding hydrogens is 457 g/mol. The van der Waals surface area contributed by atoms with Crippen molar-refractivity contribution in [2.24, 2.45) is 0 Å². The van der Waals surface area contributed by atoms with Gasteiger partial charge in [0.15, 0.2) is 18.2 Å². The first-order valence-electron chi connectivity index (χ1n) is 12.1. The van der Waals surface area contributed by atoms with Crippen LogP contribution >= 0.6 is 0 Å². The fourth-order valence-corrected chi connectivity index (χ4v) is 4.97. The van der Waals surface area contributed by atoms with Crippen LogP contribution in [0.25, 0.3) is 10.8 Å². The van der Waals surface area contributed by atoms with Crippen LogP contribution in [0.2, 0.25) is 0 Å². The molecule has 0 bridgehead atoms. The number of hydrogen-bond donors (Lipinski definition) is 2. The van der Waals surface area contributed by atoms with Crippen molar-refractivity contribution in [3.8, 4) is 11.5 Å². The van der Waals surface area contributed by atoms with E-state index in [0.29, 0.717) is 13.0 Å². The van der Waals surface area contributed by atoms with Gasteiger partial charge in [-0.1, -0.05) is 66.7 Å². The van der Waals surface area contributed by atoms with Gasteiger partial charge in [-0.3, -0.25) is 0 Å². The highest BCUT2D eigenvalue weighted by Gasteiger charge is 2.30. The van der Waals surface area contributed by atoms with Gasteiger partial charge in [0, 0.05) is 24.1 Å². The number of rotatable bonds is 8. The number of halogens is 1. The molecule has 0 fully saturated rings. The van der Waals surface area contributed by atoms with Gasteiger partial charge in [0.05, 0.1) is 0 Å². The maximum Gasteiger partial charge on any atom is 0.341 e. The van der Waals surface area contributed by atoms with E-state index in [9.17, 15) is 9.18 Å². The molecule has 0 amide bonds. The SMILES string of the molecule is CC(NCC1CC(c2ccc(F)c(OCC(=O)O)c2)c2ccccc2O1)c1cccc2ccccc12. The maximum absolute atomic E-state index is 14.3. The van der Waals surface area contributed by atoms with Gasteiger partial charge in [-0.2, -0.15) is 0 Å². The van der Waals surface area contributed by atoms with Gasteiger partial charge in [0.2, 0.25) is 0 Å². The second kappa shape index (κ2) is 10.4. The van der Waals surface area contributed by atoms with Crippen LogP contribution in [0.5, 0.6) is 11.5 Å². The molecule has 0 aromatic heterocycles. The Hall–Kier alpha value is -3.90. The largest absolute Gasteiger partial charge is 0.489 e. The number of fused-ring (bicyclic) bond motifs is 2. The highest BCUT2D eigenvalue weighted by Crippen LogP contribution is 2.41. The molecule has 0 saturated carbocycles. The number of aliphatic carboxylic acids is 1. The smallest absolute Gasteiger partial charge is 0.341 e. The number of nitrogens with one attached hydrogen (secondary N) is 1. The van der Waals surface area contributed by atoms with E-state index >= 15 is 0 Å². The molecule has 5 rings (SSSR count). The van der Waals surface area contributed by atoms with E-state index in [1.165, 1.54) is 22.4 Å². The van der Waals surface area contributed by atoms with Crippen LogP contribution in [0.1, 0.15) is 42.0 Å². The quantitative estimate of drug-likeness (QED) is 0.317. The standard InChI is InChI=1S/C30H28FNO4/c1-19(23-11-6-8-20-7-2-3-9-24(20)23)32-17-22-16-26(25-10-4-5-12-28(25)36-22)21-13-14-27(31)29(15-21)35-18-30(33)34/h2-15,19,22,26,32H,16-18H2,1H3,(H,33,34). The van der Waals surface area contributed by atoms with E-state index in [-0.39, 0.29) is 23.8 Å². The third kappa shape index (κ3) is 5.04. The Morgan fingerprint density at radius 3 is 2.72 bits per heavy atom. The Balaban J connectivity index is 1.36. The van der Waals surface area contributed by atoms with Crippen LogP contribution in [-0.4, -0.2) is 30.3 Å². The first kappa shape index (κ1) is 23.8. The summed E-state index contributed by atoms with van der Waals surface area (Å²) in [6.07, 6.45) is 0.590. The Labute approximate surface area is 209 Å². The highest BCUT2D eigenvalue weighted by atomic mass is 19.1. The Morgan fingerprint density at radius 1 is 1.08 bits per heavy atom. The minimum absolute atomic E-state index is 0.0395. The molecule has 1 aliphatic heterocycles. The summed E-state index contributed by atoms with van der Waals surface area (Å²) in [6.45, 7) is 2.20. The lowest BCUT2D eigenvalue weighted by Gasteiger charge is -2.33.